The number of hydrogen-bond donors (Lipinski definition) is 1. The van der Waals surface area contributed by atoms with E-state index in [9.17, 15) is 13.2 Å². The summed E-state index contributed by atoms with van der Waals surface area (Å²) in [6.45, 7) is 4.17. The molecular weight excluding hydrogens is 368 g/mol. The monoisotopic (exact) mass is 377 g/mol. The van der Waals surface area contributed by atoms with Crippen molar-refractivity contribution in [1.29, 1.82) is 0 Å². The van der Waals surface area contributed by atoms with E-state index in [0.29, 0.717) is 6.54 Å². The molecule has 1 N–H and O–H groups in total. The molecule has 9 heteroatoms. The number of halogens is 4. The molecule has 20 heavy (non-hydrogen) atoms. The molecule has 0 aliphatic carbocycles. The summed E-state index contributed by atoms with van der Waals surface area (Å²) in [5.41, 5.74) is -0.208. The van der Waals surface area contributed by atoms with Gasteiger partial charge in [-0.15, -0.1) is 0 Å². The summed E-state index contributed by atoms with van der Waals surface area (Å²) in [5, 5.41) is 1.99. The molecule has 4 nitrogen and oxygen atoms in total. The van der Waals surface area contributed by atoms with Crippen LogP contribution in [0.15, 0.2) is 11.0 Å². The lowest BCUT2D eigenvalue weighted by Crippen LogP contribution is -2.28. The predicted octanol–water partition coefficient (Wildman–Crippen LogP) is 3.96. The van der Waals surface area contributed by atoms with Crippen molar-refractivity contribution in [1.82, 2.24) is 5.32 Å². The van der Waals surface area contributed by atoms with E-state index in [4.69, 9.17) is 45.5 Å². The first-order valence-corrected chi connectivity index (χ1v) is 8.90. The van der Waals surface area contributed by atoms with Gasteiger partial charge in [0.2, 0.25) is 0 Å². The van der Waals surface area contributed by atoms with Gasteiger partial charge in [-0.2, -0.15) is 0 Å². The number of carbonyl (C=O) groups excluding carboxylic acids is 1. The second-order valence-electron chi connectivity index (χ2n) is 4.40. The first-order chi connectivity index (χ1) is 9.05. The van der Waals surface area contributed by atoms with E-state index in [2.05, 4.69) is 5.32 Å². The van der Waals surface area contributed by atoms with Crippen molar-refractivity contribution in [2.75, 3.05) is 6.54 Å². The third-order valence-electron chi connectivity index (χ3n) is 2.28. The van der Waals surface area contributed by atoms with Gasteiger partial charge in [-0.1, -0.05) is 48.7 Å². The van der Waals surface area contributed by atoms with Gasteiger partial charge in [0.05, 0.1) is 20.6 Å². The zero-order chi connectivity index (χ0) is 15.7. The van der Waals surface area contributed by atoms with E-state index in [1.54, 1.807) is 0 Å². The minimum absolute atomic E-state index is 0.120. The van der Waals surface area contributed by atoms with Crippen molar-refractivity contribution in [2.24, 2.45) is 5.92 Å². The van der Waals surface area contributed by atoms with Gasteiger partial charge in [-0.3, -0.25) is 4.79 Å². The van der Waals surface area contributed by atoms with Gasteiger partial charge in [0.1, 0.15) is 4.90 Å². The van der Waals surface area contributed by atoms with Gasteiger partial charge in [-0.05, 0) is 12.0 Å². The van der Waals surface area contributed by atoms with Gasteiger partial charge in [-0.25, -0.2) is 8.42 Å². The standard InChI is InChI=1S/C11H11Cl4NO3S/c1-5(2)4-16-11(17)8-9(13)6(12)3-7(10(8)14)20(15,18)19/h3,5H,4H2,1-2H3,(H,16,17). The lowest BCUT2D eigenvalue weighted by molar-refractivity contribution is 0.0949. The van der Waals surface area contributed by atoms with Crippen molar-refractivity contribution < 1.29 is 13.2 Å². The normalized spacial score (nSPS) is 11.8. The number of rotatable bonds is 4. The van der Waals surface area contributed by atoms with Crippen molar-refractivity contribution in [2.45, 2.75) is 18.7 Å². The molecule has 1 aromatic rings. The highest BCUT2D eigenvalue weighted by molar-refractivity contribution is 8.13. The van der Waals surface area contributed by atoms with Crippen LogP contribution in [0.4, 0.5) is 0 Å². The molecule has 0 fully saturated rings. The zero-order valence-electron chi connectivity index (χ0n) is 10.5. The maximum Gasteiger partial charge on any atom is 0.262 e. The second kappa shape index (κ2) is 6.71. The molecule has 0 saturated heterocycles. The summed E-state index contributed by atoms with van der Waals surface area (Å²) in [6.07, 6.45) is 0. The van der Waals surface area contributed by atoms with Crippen LogP contribution < -0.4 is 5.32 Å². The minimum Gasteiger partial charge on any atom is -0.352 e. The third-order valence-corrected chi connectivity index (χ3v) is 4.92. The Bertz CT molecular complexity index is 644. The first kappa shape index (κ1) is 17.9. The Hall–Kier alpha value is -0.200. The van der Waals surface area contributed by atoms with Crippen molar-refractivity contribution in [3.05, 3.63) is 26.7 Å². The summed E-state index contributed by atoms with van der Waals surface area (Å²) in [4.78, 5) is 11.6. The number of amides is 1. The topological polar surface area (TPSA) is 63.2 Å². The average Bonchev–Trinajstić information content (AvgIpc) is 2.30. The van der Waals surface area contributed by atoms with Gasteiger partial charge in [0, 0.05) is 17.2 Å². The minimum atomic E-state index is -4.14. The smallest absolute Gasteiger partial charge is 0.262 e. The van der Waals surface area contributed by atoms with Crippen molar-refractivity contribution >= 4 is 60.4 Å². The molecule has 0 heterocycles. The summed E-state index contributed by atoms with van der Waals surface area (Å²) in [7, 11) is 1.10. The molecule has 0 aliphatic rings. The largest absolute Gasteiger partial charge is 0.352 e. The lowest BCUT2D eigenvalue weighted by Gasteiger charge is -2.13. The maximum atomic E-state index is 12.0. The molecular formula is C11H11Cl4NO3S. The molecule has 1 aromatic carbocycles. The molecule has 0 spiro atoms. The molecule has 0 atom stereocenters. The van der Waals surface area contributed by atoms with Crippen LogP contribution >= 0.6 is 45.5 Å². The highest BCUT2D eigenvalue weighted by Gasteiger charge is 2.26. The maximum absolute atomic E-state index is 12.0. The molecule has 1 rings (SSSR count). The Balaban J connectivity index is 3.39. The van der Waals surface area contributed by atoms with Crippen LogP contribution in [0.25, 0.3) is 0 Å². The van der Waals surface area contributed by atoms with Crippen LogP contribution in [0.1, 0.15) is 24.2 Å². The fraction of sp³-hybridized carbons (Fsp3) is 0.364. The lowest BCUT2D eigenvalue weighted by atomic mass is 10.2. The summed E-state index contributed by atoms with van der Waals surface area (Å²) in [5.74, 6) is -0.412. The average molecular weight is 379 g/mol. The molecule has 0 radical (unpaired) electrons. The number of carbonyl (C=O) groups is 1. The fourth-order valence-electron chi connectivity index (χ4n) is 1.34. The third kappa shape index (κ3) is 4.15. The van der Waals surface area contributed by atoms with E-state index in [1.165, 1.54) is 0 Å². The molecule has 0 unspecified atom stereocenters. The quantitative estimate of drug-likeness (QED) is 0.637. The molecule has 0 aliphatic heterocycles. The number of hydrogen-bond acceptors (Lipinski definition) is 3. The highest BCUT2D eigenvalue weighted by Crippen LogP contribution is 2.37. The highest BCUT2D eigenvalue weighted by atomic mass is 35.7. The fourth-order valence-corrected chi connectivity index (χ4v) is 3.49. The SMILES string of the molecule is CC(C)CNC(=O)c1c(Cl)c(Cl)cc(S(=O)(=O)Cl)c1Cl. The number of benzene rings is 1. The van der Waals surface area contributed by atoms with E-state index < -0.39 is 19.9 Å². The first-order valence-electron chi connectivity index (χ1n) is 5.46. The molecule has 1 amide bonds. The Morgan fingerprint density at radius 2 is 1.80 bits per heavy atom. The molecule has 0 bridgehead atoms. The van der Waals surface area contributed by atoms with Crippen LogP contribution in [0.3, 0.4) is 0 Å². The van der Waals surface area contributed by atoms with Crippen LogP contribution in [-0.4, -0.2) is 20.9 Å². The van der Waals surface area contributed by atoms with E-state index in [-0.39, 0.29) is 26.5 Å². The van der Waals surface area contributed by atoms with Gasteiger partial charge >= 0.3 is 0 Å². The van der Waals surface area contributed by atoms with Gasteiger partial charge in [0.15, 0.2) is 0 Å². The Morgan fingerprint density at radius 3 is 2.25 bits per heavy atom. The predicted molar refractivity (Wildman–Crippen MR) is 81.7 cm³/mol. The van der Waals surface area contributed by atoms with Gasteiger partial charge in [0.25, 0.3) is 15.0 Å². The zero-order valence-corrected chi connectivity index (χ0v) is 14.3. The molecule has 0 saturated carbocycles. The summed E-state index contributed by atoms with van der Waals surface area (Å²) < 4.78 is 22.8. The van der Waals surface area contributed by atoms with Gasteiger partial charge < -0.3 is 5.32 Å². The Labute approximate surface area is 136 Å². The van der Waals surface area contributed by atoms with Crippen LogP contribution in [-0.2, 0) is 9.05 Å². The summed E-state index contributed by atoms with van der Waals surface area (Å²) >= 11 is 17.6. The Morgan fingerprint density at radius 1 is 1.25 bits per heavy atom. The van der Waals surface area contributed by atoms with Crippen molar-refractivity contribution in [3.63, 3.8) is 0 Å². The molecule has 0 aromatic heterocycles. The Kier molecular flexibility index (Phi) is 5.99. The summed E-state index contributed by atoms with van der Waals surface area (Å²) in [6, 6.07) is 1.01. The van der Waals surface area contributed by atoms with E-state index in [1.807, 2.05) is 13.8 Å². The number of nitrogens with one attached hydrogen (secondary N) is 1. The van der Waals surface area contributed by atoms with Crippen LogP contribution in [0.2, 0.25) is 15.1 Å². The molecule has 112 valence electrons. The van der Waals surface area contributed by atoms with Crippen molar-refractivity contribution in [3.8, 4) is 0 Å². The van der Waals surface area contributed by atoms with E-state index in [0.717, 1.165) is 6.07 Å². The second-order valence-corrected chi connectivity index (χ2v) is 8.10. The van der Waals surface area contributed by atoms with Crippen LogP contribution in [0.5, 0.6) is 0 Å². The van der Waals surface area contributed by atoms with Crippen LogP contribution in [0, 0.1) is 5.92 Å². The van der Waals surface area contributed by atoms with E-state index >= 15 is 0 Å².